The maximum absolute atomic E-state index is 12.1. The van der Waals surface area contributed by atoms with E-state index in [1.54, 1.807) is 6.92 Å². The average molecular weight is 298 g/mol. The van der Waals surface area contributed by atoms with Gasteiger partial charge in [-0.1, -0.05) is 18.2 Å². The van der Waals surface area contributed by atoms with Crippen LogP contribution in [0.2, 0.25) is 0 Å². The molecule has 0 bridgehead atoms. The highest BCUT2D eigenvalue weighted by Gasteiger charge is 2.27. The molecular formula is C16H18N4O2. The number of hydrazone groups is 1. The van der Waals surface area contributed by atoms with Crippen molar-refractivity contribution in [2.75, 3.05) is 6.54 Å². The first-order valence-corrected chi connectivity index (χ1v) is 7.20. The summed E-state index contributed by atoms with van der Waals surface area (Å²) in [7, 11) is 1.96. The van der Waals surface area contributed by atoms with E-state index in [0.29, 0.717) is 12.1 Å². The molecule has 6 heteroatoms. The predicted molar refractivity (Wildman–Crippen MR) is 84.4 cm³/mol. The third-order valence-electron chi connectivity index (χ3n) is 4.00. The van der Waals surface area contributed by atoms with Crippen LogP contribution in [0, 0.1) is 5.92 Å². The second kappa shape index (κ2) is 5.63. The summed E-state index contributed by atoms with van der Waals surface area (Å²) in [4.78, 5) is 23.7. The van der Waals surface area contributed by atoms with E-state index >= 15 is 0 Å². The summed E-state index contributed by atoms with van der Waals surface area (Å²) in [6, 6.07) is 7.98. The number of carbonyl (C=O) groups excluding carboxylic acids is 2. The van der Waals surface area contributed by atoms with Gasteiger partial charge >= 0.3 is 0 Å². The summed E-state index contributed by atoms with van der Waals surface area (Å²) in [5.41, 5.74) is 5.20. The lowest BCUT2D eigenvalue weighted by Crippen LogP contribution is -2.36. The monoisotopic (exact) mass is 298 g/mol. The molecule has 6 nitrogen and oxygen atoms in total. The van der Waals surface area contributed by atoms with Crippen LogP contribution in [0.4, 0.5) is 0 Å². The van der Waals surface area contributed by atoms with Crippen molar-refractivity contribution in [3.63, 3.8) is 0 Å². The Bertz CT molecular complexity index is 776. The number of hydrogen-bond donors (Lipinski definition) is 2. The molecule has 2 aromatic rings. The number of amides is 2. The van der Waals surface area contributed by atoms with E-state index in [1.807, 2.05) is 42.1 Å². The number of carbonyl (C=O) groups is 2. The molecule has 1 aromatic carbocycles. The zero-order valence-electron chi connectivity index (χ0n) is 12.6. The Morgan fingerprint density at radius 1 is 1.41 bits per heavy atom. The smallest absolute Gasteiger partial charge is 0.250 e. The van der Waals surface area contributed by atoms with Gasteiger partial charge in [0.05, 0.1) is 12.3 Å². The van der Waals surface area contributed by atoms with E-state index in [1.165, 1.54) is 0 Å². The minimum absolute atomic E-state index is 0.0937. The quantitative estimate of drug-likeness (QED) is 0.882. The van der Waals surface area contributed by atoms with Gasteiger partial charge in [0, 0.05) is 36.4 Å². The van der Waals surface area contributed by atoms with Crippen LogP contribution in [-0.4, -0.2) is 28.6 Å². The number of para-hydroxylation sites is 1. The minimum Gasteiger partial charge on any atom is -0.355 e. The summed E-state index contributed by atoms with van der Waals surface area (Å²) in [5, 5.41) is 7.77. The first kappa shape index (κ1) is 14.3. The first-order valence-electron chi connectivity index (χ1n) is 7.20. The second-order valence-corrected chi connectivity index (χ2v) is 5.55. The lowest BCUT2D eigenvalue weighted by atomic mass is 10.0. The third kappa shape index (κ3) is 2.59. The molecular weight excluding hydrogens is 280 g/mol. The van der Waals surface area contributed by atoms with Crippen molar-refractivity contribution in [1.82, 2.24) is 15.3 Å². The molecule has 114 valence electrons. The van der Waals surface area contributed by atoms with E-state index < -0.39 is 0 Å². The Morgan fingerprint density at radius 2 is 2.18 bits per heavy atom. The van der Waals surface area contributed by atoms with Crippen LogP contribution in [0.25, 0.3) is 10.9 Å². The summed E-state index contributed by atoms with van der Waals surface area (Å²) in [5.74, 6) is -0.622. The van der Waals surface area contributed by atoms with Gasteiger partial charge in [0.1, 0.15) is 0 Å². The molecule has 0 radical (unpaired) electrons. The van der Waals surface area contributed by atoms with Gasteiger partial charge in [-0.25, -0.2) is 5.43 Å². The molecule has 3 rings (SSSR count). The maximum atomic E-state index is 12.1. The van der Waals surface area contributed by atoms with Crippen LogP contribution in [0.3, 0.4) is 0 Å². The number of benzene rings is 1. The SMILES string of the molecule is CC1=NNC(=O)[C@H]1CNC(=O)Cc1cn(C)c2ccccc12. The highest BCUT2D eigenvalue weighted by molar-refractivity contribution is 6.07. The third-order valence-corrected chi connectivity index (χ3v) is 4.00. The van der Waals surface area contributed by atoms with Gasteiger partial charge in [-0.05, 0) is 18.6 Å². The average Bonchev–Trinajstić information content (AvgIpc) is 2.99. The topological polar surface area (TPSA) is 75.5 Å². The Labute approximate surface area is 128 Å². The number of aryl methyl sites for hydroxylation is 1. The fourth-order valence-electron chi connectivity index (χ4n) is 2.75. The van der Waals surface area contributed by atoms with Crippen LogP contribution < -0.4 is 10.7 Å². The normalized spacial score (nSPS) is 17.5. The molecule has 0 spiro atoms. The molecule has 0 saturated heterocycles. The van der Waals surface area contributed by atoms with Gasteiger partial charge in [0.2, 0.25) is 5.91 Å². The van der Waals surface area contributed by atoms with Crippen molar-refractivity contribution in [2.24, 2.45) is 18.1 Å². The summed E-state index contributed by atoms with van der Waals surface area (Å²) in [6.07, 6.45) is 2.27. The zero-order chi connectivity index (χ0) is 15.7. The highest BCUT2D eigenvalue weighted by Crippen LogP contribution is 2.20. The van der Waals surface area contributed by atoms with E-state index in [9.17, 15) is 9.59 Å². The van der Waals surface area contributed by atoms with E-state index in [4.69, 9.17) is 0 Å². The molecule has 2 N–H and O–H groups in total. The molecule has 0 aliphatic carbocycles. The molecule has 1 aliphatic heterocycles. The van der Waals surface area contributed by atoms with Gasteiger partial charge < -0.3 is 9.88 Å². The Hall–Kier alpha value is -2.63. The molecule has 0 saturated carbocycles. The number of aromatic nitrogens is 1. The van der Waals surface area contributed by atoms with Crippen LogP contribution in [0.5, 0.6) is 0 Å². The summed E-state index contributed by atoms with van der Waals surface area (Å²) < 4.78 is 2.01. The van der Waals surface area contributed by atoms with Crippen LogP contribution >= 0.6 is 0 Å². The van der Waals surface area contributed by atoms with Gasteiger partial charge in [-0.3, -0.25) is 9.59 Å². The molecule has 2 amide bonds. The van der Waals surface area contributed by atoms with Crippen molar-refractivity contribution in [1.29, 1.82) is 0 Å². The summed E-state index contributed by atoms with van der Waals surface area (Å²) in [6.45, 7) is 2.06. The molecule has 1 aliphatic rings. The zero-order valence-corrected chi connectivity index (χ0v) is 12.6. The fraction of sp³-hybridized carbons (Fsp3) is 0.312. The van der Waals surface area contributed by atoms with Crippen LogP contribution in [-0.2, 0) is 23.1 Å². The molecule has 0 unspecified atom stereocenters. The lowest BCUT2D eigenvalue weighted by molar-refractivity contribution is -0.122. The van der Waals surface area contributed by atoms with Gasteiger partial charge in [0.25, 0.3) is 5.91 Å². The van der Waals surface area contributed by atoms with E-state index in [0.717, 1.165) is 16.5 Å². The fourth-order valence-corrected chi connectivity index (χ4v) is 2.75. The maximum Gasteiger partial charge on any atom is 0.250 e. The minimum atomic E-state index is -0.364. The Kier molecular flexibility index (Phi) is 3.66. The number of hydrogen-bond acceptors (Lipinski definition) is 3. The molecule has 0 fully saturated rings. The second-order valence-electron chi connectivity index (χ2n) is 5.55. The summed E-state index contributed by atoms with van der Waals surface area (Å²) >= 11 is 0. The number of rotatable bonds is 4. The van der Waals surface area contributed by atoms with Crippen LogP contribution in [0.15, 0.2) is 35.6 Å². The molecule has 1 atom stereocenters. The van der Waals surface area contributed by atoms with Crippen molar-refractivity contribution in [2.45, 2.75) is 13.3 Å². The Morgan fingerprint density at radius 3 is 2.91 bits per heavy atom. The number of nitrogens with one attached hydrogen (secondary N) is 2. The molecule has 22 heavy (non-hydrogen) atoms. The number of fused-ring (bicyclic) bond motifs is 1. The van der Waals surface area contributed by atoms with Crippen molar-refractivity contribution in [3.05, 3.63) is 36.0 Å². The predicted octanol–water partition coefficient (Wildman–Crippen LogP) is 0.959. The van der Waals surface area contributed by atoms with Crippen LogP contribution in [0.1, 0.15) is 12.5 Å². The first-order chi connectivity index (χ1) is 10.6. The number of nitrogens with zero attached hydrogens (tertiary/aromatic N) is 2. The molecule has 2 heterocycles. The van der Waals surface area contributed by atoms with E-state index in [-0.39, 0.29) is 24.3 Å². The molecule has 1 aromatic heterocycles. The van der Waals surface area contributed by atoms with Gasteiger partial charge in [0.15, 0.2) is 0 Å². The Balaban J connectivity index is 1.66. The van der Waals surface area contributed by atoms with Gasteiger partial charge in [-0.2, -0.15) is 5.10 Å². The standard InChI is InChI=1S/C16H18N4O2/c1-10-13(16(22)19-18-10)8-17-15(21)7-11-9-20(2)14-6-4-3-5-12(11)14/h3-6,9,13H,7-8H2,1-2H3,(H,17,21)(H,19,22)/t13-/m0/s1. The van der Waals surface area contributed by atoms with Gasteiger partial charge in [-0.15, -0.1) is 0 Å². The van der Waals surface area contributed by atoms with E-state index in [2.05, 4.69) is 15.8 Å². The largest absolute Gasteiger partial charge is 0.355 e. The van der Waals surface area contributed by atoms with Crippen molar-refractivity contribution >= 4 is 28.4 Å². The van der Waals surface area contributed by atoms with Crippen molar-refractivity contribution in [3.8, 4) is 0 Å². The van der Waals surface area contributed by atoms with Crippen molar-refractivity contribution < 1.29 is 9.59 Å². The lowest BCUT2D eigenvalue weighted by Gasteiger charge is -2.09. The highest BCUT2D eigenvalue weighted by atomic mass is 16.2.